The highest BCUT2D eigenvalue weighted by Crippen LogP contribution is 2.30. The third kappa shape index (κ3) is 3.17. The molecule has 0 radical (unpaired) electrons. The summed E-state index contributed by atoms with van der Waals surface area (Å²) in [6, 6.07) is 8.33. The van der Waals surface area contributed by atoms with Gasteiger partial charge in [-0.15, -0.1) is 0 Å². The smallest absolute Gasteiger partial charge is 0.401 e. The van der Waals surface area contributed by atoms with Crippen LogP contribution in [-0.2, 0) is 0 Å². The van der Waals surface area contributed by atoms with Gasteiger partial charge in [-0.1, -0.05) is 12.1 Å². The largest absolute Gasteiger partial charge is 0.415 e. The van der Waals surface area contributed by atoms with Crippen LogP contribution >= 0.6 is 0 Å². The molecule has 114 valence electrons. The minimum absolute atomic E-state index is 0.0782. The Kier molecular flexibility index (Phi) is 4.31. The van der Waals surface area contributed by atoms with E-state index in [0.29, 0.717) is 0 Å². The van der Waals surface area contributed by atoms with Crippen LogP contribution in [0.25, 0.3) is 11.3 Å². The van der Waals surface area contributed by atoms with Gasteiger partial charge in [-0.25, -0.2) is 9.18 Å². The van der Waals surface area contributed by atoms with Crippen molar-refractivity contribution in [3.05, 3.63) is 52.3 Å². The van der Waals surface area contributed by atoms with Gasteiger partial charge in [0.05, 0.1) is 5.56 Å². The lowest BCUT2D eigenvalue weighted by molar-refractivity contribution is -0.390. The maximum atomic E-state index is 13.7. The van der Waals surface area contributed by atoms with Crippen molar-refractivity contribution >= 4 is 11.9 Å². The van der Waals surface area contributed by atoms with Gasteiger partial charge in [0.25, 0.3) is 0 Å². The number of pyridine rings is 1. The molecule has 1 heterocycles. The summed E-state index contributed by atoms with van der Waals surface area (Å²) >= 11 is 0. The van der Waals surface area contributed by atoms with Crippen LogP contribution in [0.5, 0.6) is 5.75 Å². The molecule has 0 aliphatic rings. The summed E-state index contributed by atoms with van der Waals surface area (Å²) in [5.74, 6) is -1.51. The van der Waals surface area contributed by atoms with Crippen molar-refractivity contribution in [2.24, 2.45) is 0 Å². The molecule has 8 heteroatoms. The molecule has 0 aliphatic heterocycles. The van der Waals surface area contributed by atoms with Crippen LogP contribution in [0.4, 0.5) is 15.0 Å². The minimum atomic E-state index is -0.789. The molecule has 0 bridgehead atoms. The Balaban J connectivity index is 2.46. The fraction of sp³-hybridized carbons (Fsp3) is 0.143. The number of hydrogen-bond donors (Lipinski definition) is 0. The maximum Gasteiger partial charge on any atom is 0.415 e. The third-order valence-corrected chi connectivity index (χ3v) is 2.72. The zero-order valence-corrected chi connectivity index (χ0v) is 11.8. The van der Waals surface area contributed by atoms with Crippen LogP contribution in [0.2, 0.25) is 0 Å². The predicted octanol–water partition coefficient (Wildman–Crippen LogP) is 2.86. The zero-order chi connectivity index (χ0) is 16.3. The Labute approximate surface area is 125 Å². The molecule has 0 fully saturated rings. The first-order valence-corrected chi connectivity index (χ1v) is 6.19. The van der Waals surface area contributed by atoms with Crippen LogP contribution in [-0.4, -0.2) is 35.0 Å². The normalized spacial score (nSPS) is 10.1. The summed E-state index contributed by atoms with van der Waals surface area (Å²) in [7, 11) is 2.88. The first-order valence-electron chi connectivity index (χ1n) is 6.19. The van der Waals surface area contributed by atoms with Crippen molar-refractivity contribution in [3.63, 3.8) is 0 Å². The monoisotopic (exact) mass is 305 g/mol. The standard InChI is InChI=1S/C14H12FN3O4/c1-17(2)14(19)22-12-8-7-11(16-13(12)18(20)21)9-5-3-4-6-10(9)15/h3-8H,1-2H3. The van der Waals surface area contributed by atoms with E-state index in [0.717, 1.165) is 4.90 Å². The molecule has 0 spiro atoms. The molecule has 0 saturated heterocycles. The van der Waals surface area contributed by atoms with Crippen molar-refractivity contribution < 1.29 is 18.8 Å². The second kappa shape index (κ2) is 6.17. The molecule has 2 rings (SSSR count). The van der Waals surface area contributed by atoms with Gasteiger partial charge in [0.1, 0.15) is 5.82 Å². The molecule has 1 aromatic heterocycles. The highest BCUT2D eigenvalue weighted by Gasteiger charge is 2.23. The minimum Gasteiger partial charge on any atom is -0.401 e. The molecule has 0 atom stereocenters. The van der Waals surface area contributed by atoms with Gasteiger partial charge in [-0.05, 0) is 34.2 Å². The third-order valence-electron chi connectivity index (χ3n) is 2.72. The Bertz CT molecular complexity index is 734. The second-order valence-electron chi connectivity index (χ2n) is 4.52. The van der Waals surface area contributed by atoms with Crippen molar-refractivity contribution in [3.8, 4) is 17.0 Å². The van der Waals surface area contributed by atoms with Crippen molar-refractivity contribution in [1.29, 1.82) is 0 Å². The van der Waals surface area contributed by atoms with E-state index in [1.54, 1.807) is 6.07 Å². The first kappa shape index (κ1) is 15.4. The van der Waals surface area contributed by atoms with Crippen molar-refractivity contribution in [2.45, 2.75) is 0 Å². The van der Waals surface area contributed by atoms with E-state index < -0.39 is 22.7 Å². The lowest BCUT2D eigenvalue weighted by atomic mass is 10.1. The summed E-state index contributed by atoms with van der Waals surface area (Å²) in [6.45, 7) is 0. The van der Waals surface area contributed by atoms with E-state index in [9.17, 15) is 19.3 Å². The van der Waals surface area contributed by atoms with Crippen LogP contribution in [0.3, 0.4) is 0 Å². The Hall–Kier alpha value is -3.03. The summed E-state index contributed by atoms with van der Waals surface area (Å²) in [5.41, 5.74) is 0.200. The Morgan fingerprint density at radius 2 is 1.95 bits per heavy atom. The molecule has 22 heavy (non-hydrogen) atoms. The molecular weight excluding hydrogens is 293 g/mol. The number of carbonyl (C=O) groups is 1. The van der Waals surface area contributed by atoms with Gasteiger partial charge < -0.3 is 19.8 Å². The van der Waals surface area contributed by atoms with Crippen LogP contribution in [0.15, 0.2) is 36.4 Å². The van der Waals surface area contributed by atoms with E-state index in [2.05, 4.69) is 4.98 Å². The summed E-state index contributed by atoms with van der Waals surface area (Å²) in [6.07, 6.45) is -0.774. The molecule has 0 N–H and O–H groups in total. The van der Waals surface area contributed by atoms with Gasteiger partial charge in [0.15, 0.2) is 5.69 Å². The maximum absolute atomic E-state index is 13.7. The number of nitro groups is 1. The molecule has 2 aromatic rings. The number of aromatic nitrogens is 1. The quantitative estimate of drug-likeness (QED) is 0.643. The highest BCUT2D eigenvalue weighted by molar-refractivity contribution is 5.72. The van der Waals surface area contributed by atoms with Gasteiger partial charge in [0.2, 0.25) is 5.75 Å². The zero-order valence-electron chi connectivity index (χ0n) is 11.8. The summed E-state index contributed by atoms with van der Waals surface area (Å²) in [4.78, 5) is 26.7. The van der Waals surface area contributed by atoms with Gasteiger partial charge >= 0.3 is 11.9 Å². The summed E-state index contributed by atoms with van der Waals surface area (Å²) < 4.78 is 18.6. The van der Waals surface area contributed by atoms with Crippen molar-refractivity contribution in [2.75, 3.05) is 14.1 Å². The fourth-order valence-corrected chi connectivity index (χ4v) is 1.65. The molecular formula is C14H12FN3O4. The number of nitrogens with zero attached hydrogens (tertiary/aromatic N) is 3. The van der Waals surface area contributed by atoms with Crippen LogP contribution in [0, 0.1) is 15.9 Å². The van der Waals surface area contributed by atoms with E-state index >= 15 is 0 Å². The average Bonchev–Trinajstić information content (AvgIpc) is 2.48. The Morgan fingerprint density at radius 3 is 2.55 bits per heavy atom. The number of rotatable bonds is 3. The molecule has 0 saturated carbocycles. The number of benzene rings is 1. The molecule has 1 amide bonds. The molecule has 1 aromatic carbocycles. The summed E-state index contributed by atoms with van der Waals surface area (Å²) in [5, 5.41) is 11.1. The predicted molar refractivity (Wildman–Crippen MR) is 76.0 cm³/mol. The molecule has 7 nitrogen and oxygen atoms in total. The number of halogens is 1. The number of hydrogen-bond acceptors (Lipinski definition) is 5. The molecule has 0 unspecified atom stereocenters. The average molecular weight is 305 g/mol. The van der Waals surface area contributed by atoms with E-state index in [4.69, 9.17) is 4.74 Å². The van der Waals surface area contributed by atoms with Crippen LogP contribution < -0.4 is 4.74 Å². The highest BCUT2D eigenvalue weighted by atomic mass is 19.1. The lowest BCUT2D eigenvalue weighted by Crippen LogP contribution is -2.25. The van der Waals surface area contributed by atoms with E-state index in [1.807, 2.05) is 0 Å². The Morgan fingerprint density at radius 1 is 1.27 bits per heavy atom. The van der Waals surface area contributed by atoms with E-state index in [1.165, 1.54) is 44.4 Å². The van der Waals surface area contributed by atoms with E-state index in [-0.39, 0.29) is 17.0 Å². The lowest BCUT2D eigenvalue weighted by Gasteiger charge is -2.10. The molecule has 0 aliphatic carbocycles. The number of amides is 1. The SMILES string of the molecule is CN(C)C(=O)Oc1ccc(-c2ccccc2F)nc1[N+](=O)[O-]. The second-order valence-corrected chi connectivity index (χ2v) is 4.52. The first-order chi connectivity index (χ1) is 10.4. The number of carbonyl (C=O) groups excluding carboxylic acids is 1. The fourth-order valence-electron chi connectivity index (χ4n) is 1.65. The number of ether oxygens (including phenoxy) is 1. The van der Waals surface area contributed by atoms with Gasteiger partial charge in [-0.2, -0.15) is 0 Å². The van der Waals surface area contributed by atoms with Crippen molar-refractivity contribution in [1.82, 2.24) is 9.88 Å². The topological polar surface area (TPSA) is 85.6 Å². The van der Waals surface area contributed by atoms with Gasteiger partial charge in [0, 0.05) is 14.1 Å². The van der Waals surface area contributed by atoms with Crippen LogP contribution in [0.1, 0.15) is 0 Å². The van der Waals surface area contributed by atoms with Gasteiger partial charge in [-0.3, -0.25) is 0 Å².